The van der Waals surface area contributed by atoms with Crippen LogP contribution >= 0.6 is 0 Å². The van der Waals surface area contributed by atoms with Crippen LogP contribution in [0.4, 0.5) is 19.0 Å². The number of nitrogens with zero attached hydrogens (tertiary/aromatic N) is 3. The van der Waals surface area contributed by atoms with Gasteiger partial charge in [0.2, 0.25) is 10.0 Å². The van der Waals surface area contributed by atoms with Crippen molar-refractivity contribution in [2.24, 2.45) is 0 Å². The molecule has 1 aromatic rings. The predicted octanol–water partition coefficient (Wildman–Crippen LogP) is 1.84. The smallest absolute Gasteiger partial charge is 0.357 e. The van der Waals surface area contributed by atoms with Gasteiger partial charge in [0, 0.05) is 19.3 Å². The highest BCUT2D eigenvalue weighted by atomic mass is 32.2. The summed E-state index contributed by atoms with van der Waals surface area (Å²) in [6.07, 6.45) is -1.03. The molecule has 0 bridgehead atoms. The van der Waals surface area contributed by atoms with Crippen molar-refractivity contribution in [3.8, 4) is 0 Å². The third kappa shape index (κ3) is 6.30. The topological polar surface area (TPSA) is 75.2 Å². The van der Waals surface area contributed by atoms with Crippen LogP contribution in [0.25, 0.3) is 0 Å². The Bertz CT molecular complexity index is 616. The van der Waals surface area contributed by atoms with Gasteiger partial charge in [-0.3, -0.25) is 0 Å². The zero-order chi connectivity index (χ0) is 16.9. The SMILES string of the molecule is O=S(=O)(CCC(F)(F)F)NCc1nccc(N2CCCCC2)n1. The molecular formula is C13H19F3N4O2S. The summed E-state index contributed by atoms with van der Waals surface area (Å²) in [6.45, 7) is 1.55. The highest BCUT2D eigenvalue weighted by Crippen LogP contribution is 2.20. The number of aromatic nitrogens is 2. The average Bonchev–Trinajstić information content (AvgIpc) is 2.52. The van der Waals surface area contributed by atoms with Crippen molar-refractivity contribution in [1.29, 1.82) is 0 Å². The monoisotopic (exact) mass is 352 g/mol. The second-order valence-corrected chi connectivity index (χ2v) is 7.31. The van der Waals surface area contributed by atoms with E-state index in [1.165, 1.54) is 12.6 Å². The molecule has 0 atom stereocenters. The number of sulfonamides is 1. The third-order valence-corrected chi connectivity index (χ3v) is 4.80. The molecule has 0 aromatic carbocycles. The highest BCUT2D eigenvalue weighted by molar-refractivity contribution is 7.89. The zero-order valence-electron chi connectivity index (χ0n) is 12.5. The number of rotatable bonds is 6. The Kier molecular flexibility index (Phi) is 5.79. The maximum atomic E-state index is 12.1. The van der Waals surface area contributed by atoms with Gasteiger partial charge in [-0.1, -0.05) is 0 Å². The zero-order valence-corrected chi connectivity index (χ0v) is 13.3. The molecule has 0 unspecified atom stereocenters. The lowest BCUT2D eigenvalue weighted by atomic mass is 10.1. The van der Waals surface area contributed by atoms with Crippen molar-refractivity contribution in [3.63, 3.8) is 0 Å². The first-order chi connectivity index (χ1) is 10.8. The van der Waals surface area contributed by atoms with E-state index < -0.39 is 28.4 Å². The number of piperidine rings is 1. The molecule has 23 heavy (non-hydrogen) atoms. The Morgan fingerprint density at radius 1 is 1.22 bits per heavy atom. The Labute approximate surface area is 133 Å². The number of hydrogen-bond donors (Lipinski definition) is 1. The quantitative estimate of drug-likeness (QED) is 0.846. The molecule has 130 valence electrons. The van der Waals surface area contributed by atoms with Crippen molar-refractivity contribution >= 4 is 15.8 Å². The normalized spacial score (nSPS) is 16.6. The predicted molar refractivity (Wildman–Crippen MR) is 79.4 cm³/mol. The minimum atomic E-state index is -4.50. The van der Waals surface area contributed by atoms with Crippen molar-refractivity contribution in [2.75, 3.05) is 23.7 Å². The molecule has 1 N–H and O–H groups in total. The minimum absolute atomic E-state index is 0.220. The van der Waals surface area contributed by atoms with Gasteiger partial charge in [0.25, 0.3) is 0 Å². The van der Waals surface area contributed by atoms with Gasteiger partial charge < -0.3 is 4.90 Å². The molecule has 6 nitrogen and oxygen atoms in total. The fourth-order valence-electron chi connectivity index (χ4n) is 2.27. The molecule has 10 heteroatoms. The lowest BCUT2D eigenvalue weighted by molar-refractivity contribution is -0.129. The molecule has 1 aromatic heterocycles. The lowest BCUT2D eigenvalue weighted by Gasteiger charge is -2.27. The van der Waals surface area contributed by atoms with E-state index in [0.717, 1.165) is 25.9 Å². The van der Waals surface area contributed by atoms with Crippen LogP contribution in [0.5, 0.6) is 0 Å². The maximum absolute atomic E-state index is 12.1. The average molecular weight is 352 g/mol. The van der Waals surface area contributed by atoms with E-state index in [9.17, 15) is 21.6 Å². The standard InChI is InChI=1S/C13H19F3N4O2S/c14-13(15,16)5-9-23(21,22)18-10-11-17-6-4-12(19-11)20-7-2-1-3-8-20/h4,6,18H,1-3,5,7-10H2. The van der Waals surface area contributed by atoms with Crippen LogP contribution in [0.1, 0.15) is 31.5 Å². The molecule has 1 aliphatic rings. The van der Waals surface area contributed by atoms with E-state index in [4.69, 9.17) is 0 Å². The van der Waals surface area contributed by atoms with Gasteiger partial charge in [0.05, 0.1) is 18.7 Å². The molecule has 0 aliphatic carbocycles. The van der Waals surface area contributed by atoms with Gasteiger partial charge in [-0.15, -0.1) is 0 Å². The first-order valence-corrected chi connectivity index (χ1v) is 9.01. The van der Waals surface area contributed by atoms with Crippen LogP contribution in [0.3, 0.4) is 0 Å². The molecule has 0 radical (unpaired) electrons. The summed E-state index contributed by atoms with van der Waals surface area (Å²) in [5, 5.41) is 0. The minimum Gasteiger partial charge on any atom is -0.357 e. The Morgan fingerprint density at radius 2 is 1.91 bits per heavy atom. The van der Waals surface area contributed by atoms with Crippen molar-refractivity contribution in [3.05, 3.63) is 18.1 Å². The number of alkyl halides is 3. The van der Waals surface area contributed by atoms with Crippen LogP contribution in [0.15, 0.2) is 12.3 Å². The van der Waals surface area contributed by atoms with Crippen LogP contribution in [0, 0.1) is 0 Å². The molecule has 0 amide bonds. The van der Waals surface area contributed by atoms with Gasteiger partial charge >= 0.3 is 6.18 Å². The van der Waals surface area contributed by atoms with Gasteiger partial charge in [0.1, 0.15) is 11.6 Å². The fourth-order valence-corrected chi connectivity index (χ4v) is 3.26. The second-order valence-electron chi connectivity index (χ2n) is 5.38. The largest absolute Gasteiger partial charge is 0.390 e. The summed E-state index contributed by atoms with van der Waals surface area (Å²) in [6, 6.07) is 1.74. The number of nitrogens with one attached hydrogen (secondary N) is 1. The molecule has 2 rings (SSSR count). The summed E-state index contributed by atoms with van der Waals surface area (Å²) in [7, 11) is -4.01. The number of anilines is 1. The molecule has 2 heterocycles. The third-order valence-electron chi connectivity index (χ3n) is 3.48. The van der Waals surface area contributed by atoms with Crippen molar-refractivity contribution in [1.82, 2.24) is 14.7 Å². The van der Waals surface area contributed by atoms with Gasteiger partial charge in [-0.2, -0.15) is 13.2 Å². The Hall–Kier alpha value is -1.42. The van der Waals surface area contributed by atoms with Crippen LogP contribution in [0.2, 0.25) is 0 Å². The van der Waals surface area contributed by atoms with Crippen molar-refractivity contribution < 1.29 is 21.6 Å². The summed E-state index contributed by atoms with van der Waals surface area (Å²) in [5.41, 5.74) is 0. The summed E-state index contributed by atoms with van der Waals surface area (Å²) >= 11 is 0. The fraction of sp³-hybridized carbons (Fsp3) is 0.692. The van der Waals surface area contributed by atoms with Crippen LogP contribution in [-0.4, -0.2) is 43.4 Å². The molecular weight excluding hydrogens is 333 g/mol. The first kappa shape index (κ1) is 17.9. The Balaban J connectivity index is 1.92. The Morgan fingerprint density at radius 3 is 2.57 bits per heavy atom. The lowest BCUT2D eigenvalue weighted by Crippen LogP contribution is -2.31. The van der Waals surface area contributed by atoms with E-state index in [1.807, 2.05) is 0 Å². The van der Waals surface area contributed by atoms with Crippen LogP contribution < -0.4 is 9.62 Å². The molecule has 1 saturated heterocycles. The van der Waals surface area contributed by atoms with Gasteiger partial charge in [-0.25, -0.2) is 23.1 Å². The number of halogens is 3. The maximum Gasteiger partial charge on any atom is 0.390 e. The summed E-state index contributed by atoms with van der Waals surface area (Å²) in [5.74, 6) is -0.0460. The summed E-state index contributed by atoms with van der Waals surface area (Å²) < 4.78 is 61.5. The molecule has 1 aliphatic heterocycles. The first-order valence-electron chi connectivity index (χ1n) is 7.36. The molecule has 1 fully saturated rings. The van der Waals surface area contributed by atoms with E-state index >= 15 is 0 Å². The van der Waals surface area contributed by atoms with Gasteiger partial charge in [-0.05, 0) is 25.3 Å². The van der Waals surface area contributed by atoms with Crippen molar-refractivity contribution in [2.45, 2.75) is 38.4 Å². The molecule has 0 saturated carbocycles. The van der Waals surface area contributed by atoms with E-state index in [2.05, 4.69) is 19.6 Å². The molecule has 0 spiro atoms. The van der Waals surface area contributed by atoms with E-state index in [-0.39, 0.29) is 12.4 Å². The van der Waals surface area contributed by atoms with E-state index in [0.29, 0.717) is 5.82 Å². The summed E-state index contributed by atoms with van der Waals surface area (Å²) in [4.78, 5) is 10.3. The van der Waals surface area contributed by atoms with E-state index in [1.54, 1.807) is 6.07 Å². The highest BCUT2D eigenvalue weighted by Gasteiger charge is 2.29. The van der Waals surface area contributed by atoms with Gasteiger partial charge in [0.15, 0.2) is 0 Å². The number of hydrogen-bond acceptors (Lipinski definition) is 5. The second kappa shape index (κ2) is 7.43. The van der Waals surface area contributed by atoms with Crippen LogP contribution in [-0.2, 0) is 16.6 Å².